The number of carbonyl (C=O) groups excluding carboxylic acids is 1. The molecule has 1 amide bonds. The molecule has 1 aliphatic carbocycles. The minimum Gasteiger partial charge on any atom is -0.497 e. The van der Waals surface area contributed by atoms with Crippen LogP contribution in [0.15, 0.2) is 24.3 Å². The molecule has 4 heteroatoms. The van der Waals surface area contributed by atoms with Gasteiger partial charge in [0.1, 0.15) is 5.75 Å². The molecule has 0 aromatic heterocycles. The van der Waals surface area contributed by atoms with Crippen molar-refractivity contribution in [2.75, 3.05) is 7.11 Å². The van der Waals surface area contributed by atoms with E-state index in [0.717, 1.165) is 37.0 Å². The summed E-state index contributed by atoms with van der Waals surface area (Å²) in [6.45, 7) is 1.99. The average molecular weight is 290 g/mol. The van der Waals surface area contributed by atoms with Crippen LogP contribution in [-0.4, -0.2) is 19.1 Å². The molecule has 3 N–H and O–H groups in total. The first-order valence-corrected chi connectivity index (χ1v) is 7.81. The number of carbonyl (C=O) groups is 1. The number of methoxy groups -OCH3 is 1. The van der Waals surface area contributed by atoms with Crippen LogP contribution in [0.2, 0.25) is 0 Å². The molecule has 0 bridgehead atoms. The van der Waals surface area contributed by atoms with Crippen LogP contribution >= 0.6 is 0 Å². The number of nitrogens with one attached hydrogen (secondary N) is 1. The van der Waals surface area contributed by atoms with Crippen LogP contribution in [0.1, 0.15) is 50.6 Å². The molecule has 4 nitrogen and oxygen atoms in total. The van der Waals surface area contributed by atoms with Gasteiger partial charge < -0.3 is 15.8 Å². The number of nitrogens with two attached hydrogens (primary N) is 1. The van der Waals surface area contributed by atoms with Crippen LogP contribution in [0.4, 0.5) is 0 Å². The van der Waals surface area contributed by atoms with E-state index in [2.05, 4.69) is 5.32 Å². The quantitative estimate of drug-likeness (QED) is 0.838. The van der Waals surface area contributed by atoms with Crippen LogP contribution in [0, 0.1) is 5.92 Å². The molecular formula is C17H26N2O2. The monoisotopic (exact) mass is 290 g/mol. The molecule has 21 heavy (non-hydrogen) atoms. The Bertz CT molecular complexity index is 476. The maximum absolute atomic E-state index is 12.5. The van der Waals surface area contributed by atoms with Crippen molar-refractivity contribution in [2.45, 2.75) is 51.1 Å². The Labute approximate surface area is 127 Å². The lowest BCUT2D eigenvalue weighted by Gasteiger charge is -2.23. The summed E-state index contributed by atoms with van der Waals surface area (Å²) in [7, 11) is 1.65. The van der Waals surface area contributed by atoms with E-state index < -0.39 is 0 Å². The van der Waals surface area contributed by atoms with Crippen molar-refractivity contribution in [3.63, 3.8) is 0 Å². The molecule has 0 saturated heterocycles. The Kier molecular flexibility index (Phi) is 5.62. The molecule has 2 rings (SSSR count). The number of hydrogen-bond acceptors (Lipinski definition) is 3. The van der Waals surface area contributed by atoms with Crippen molar-refractivity contribution in [2.24, 2.45) is 11.7 Å². The van der Waals surface area contributed by atoms with E-state index in [9.17, 15) is 4.79 Å². The van der Waals surface area contributed by atoms with Gasteiger partial charge in [-0.25, -0.2) is 0 Å². The topological polar surface area (TPSA) is 64.3 Å². The zero-order chi connectivity index (χ0) is 15.2. The fraction of sp³-hybridized carbons (Fsp3) is 0.588. The van der Waals surface area contributed by atoms with E-state index >= 15 is 0 Å². The van der Waals surface area contributed by atoms with E-state index in [-0.39, 0.29) is 23.9 Å². The van der Waals surface area contributed by atoms with Crippen molar-refractivity contribution in [3.05, 3.63) is 29.8 Å². The molecule has 2 unspecified atom stereocenters. The van der Waals surface area contributed by atoms with Gasteiger partial charge in [-0.05, 0) is 37.5 Å². The summed E-state index contributed by atoms with van der Waals surface area (Å²) >= 11 is 0. The summed E-state index contributed by atoms with van der Waals surface area (Å²) in [6, 6.07) is 7.75. The van der Waals surface area contributed by atoms with E-state index in [0.29, 0.717) is 0 Å². The number of hydrogen-bond donors (Lipinski definition) is 2. The van der Waals surface area contributed by atoms with Gasteiger partial charge in [-0.2, -0.15) is 0 Å². The van der Waals surface area contributed by atoms with Gasteiger partial charge in [0.15, 0.2) is 0 Å². The number of benzene rings is 1. The molecule has 0 heterocycles. The number of rotatable bonds is 4. The minimum atomic E-state index is -0.0550. The molecule has 0 spiro atoms. The predicted molar refractivity (Wildman–Crippen MR) is 84.1 cm³/mol. The van der Waals surface area contributed by atoms with Crippen LogP contribution in [-0.2, 0) is 4.79 Å². The molecular weight excluding hydrogens is 264 g/mol. The molecule has 0 radical (unpaired) electrons. The standard InChI is InChI=1S/C17H26N2O2/c1-12(13-7-6-8-14(11-13)21-2)19-17(20)15-9-4-3-5-10-16(15)18/h6-8,11-12,15-16H,3-5,9-10,18H2,1-2H3,(H,19,20)/t12-,15?,16?/m0/s1. The van der Waals surface area contributed by atoms with E-state index in [4.69, 9.17) is 10.5 Å². The highest BCUT2D eigenvalue weighted by Crippen LogP contribution is 2.24. The van der Waals surface area contributed by atoms with Gasteiger partial charge in [-0.3, -0.25) is 4.79 Å². The highest BCUT2D eigenvalue weighted by molar-refractivity contribution is 5.79. The second-order valence-corrected chi connectivity index (χ2v) is 5.92. The number of amides is 1. The Morgan fingerprint density at radius 2 is 2.10 bits per heavy atom. The molecule has 3 atom stereocenters. The molecule has 116 valence electrons. The van der Waals surface area contributed by atoms with Crippen molar-refractivity contribution in [1.29, 1.82) is 0 Å². The van der Waals surface area contributed by atoms with E-state index in [1.54, 1.807) is 7.11 Å². The van der Waals surface area contributed by atoms with Gasteiger partial charge in [0.05, 0.1) is 19.1 Å². The lowest BCUT2D eigenvalue weighted by atomic mass is 9.94. The van der Waals surface area contributed by atoms with Crippen LogP contribution in [0.25, 0.3) is 0 Å². The first-order valence-electron chi connectivity index (χ1n) is 7.81. The van der Waals surface area contributed by atoms with E-state index in [1.165, 1.54) is 6.42 Å². The Morgan fingerprint density at radius 1 is 1.33 bits per heavy atom. The normalized spacial score (nSPS) is 24.0. The van der Waals surface area contributed by atoms with Crippen LogP contribution < -0.4 is 15.8 Å². The Hall–Kier alpha value is -1.55. The molecule has 1 saturated carbocycles. The van der Waals surface area contributed by atoms with Crippen molar-refractivity contribution in [3.8, 4) is 5.75 Å². The molecule has 1 aromatic carbocycles. The van der Waals surface area contributed by atoms with Crippen molar-refractivity contribution in [1.82, 2.24) is 5.32 Å². The van der Waals surface area contributed by atoms with Crippen LogP contribution in [0.5, 0.6) is 5.75 Å². The molecule has 1 aliphatic rings. The summed E-state index contributed by atoms with van der Waals surface area (Å²) < 4.78 is 5.23. The summed E-state index contributed by atoms with van der Waals surface area (Å²) in [5.74, 6) is 0.833. The second-order valence-electron chi connectivity index (χ2n) is 5.92. The maximum atomic E-state index is 12.5. The minimum absolute atomic E-state index is 0.00925. The van der Waals surface area contributed by atoms with Crippen LogP contribution in [0.3, 0.4) is 0 Å². The van der Waals surface area contributed by atoms with Gasteiger partial charge in [-0.1, -0.05) is 31.4 Å². The molecule has 1 aromatic rings. The van der Waals surface area contributed by atoms with Gasteiger partial charge in [0.2, 0.25) is 5.91 Å². The van der Waals surface area contributed by atoms with Gasteiger partial charge >= 0.3 is 0 Å². The lowest BCUT2D eigenvalue weighted by molar-refractivity contribution is -0.126. The highest BCUT2D eigenvalue weighted by atomic mass is 16.5. The van der Waals surface area contributed by atoms with Gasteiger partial charge in [0.25, 0.3) is 0 Å². The number of ether oxygens (including phenoxy) is 1. The van der Waals surface area contributed by atoms with Crippen molar-refractivity contribution < 1.29 is 9.53 Å². The molecule has 0 aliphatic heterocycles. The third-order valence-electron chi connectivity index (χ3n) is 4.36. The van der Waals surface area contributed by atoms with E-state index in [1.807, 2.05) is 31.2 Å². The zero-order valence-electron chi connectivity index (χ0n) is 13.0. The first-order chi connectivity index (χ1) is 10.1. The fourth-order valence-corrected chi connectivity index (χ4v) is 2.98. The third-order valence-corrected chi connectivity index (χ3v) is 4.36. The smallest absolute Gasteiger partial charge is 0.225 e. The summed E-state index contributed by atoms with van der Waals surface area (Å²) in [5, 5.41) is 3.10. The second kappa shape index (κ2) is 7.46. The Balaban J connectivity index is 2.00. The third kappa shape index (κ3) is 4.21. The molecule has 1 fully saturated rings. The highest BCUT2D eigenvalue weighted by Gasteiger charge is 2.27. The summed E-state index contributed by atoms with van der Waals surface area (Å²) in [5.41, 5.74) is 7.21. The summed E-state index contributed by atoms with van der Waals surface area (Å²) in [4.78, 5) is 12.5. The van der Waals surface area contributed by atoms with Gasteiger partial charge in [0, 0.05) is 6.04 Å². The fourth-order valence-electron chi connectivity index (χ4n) is 2.98. The largest absolute Gasteiger partial charge is 0.497 e. The van der Waals surface area contributed by atoms with Gasteiger partial charge in [-0.15, -0.1) is 0 Å². The SMILES string of the molecule is COc1cccc([C@H](C)NC(=O)C2CCCCCC2N)c1. The zero-order valence-corrected chi connectivity index (χ0v) is 13.0. The average Bonchev–Trinajstić information content (AvgIpc) is 2.71. The predicted octanol–water partition coefficient (Wildman–Crippen LogP) is 2.78. The summed E-state index contributed by atoms with van der Waals surface area (Å²) in [6.07, 6.45) is 5.27. The maximum Gasteiger partial charge on any atom is 0.225 e. The van der Waals surface area contributed by atoms with Crippen molar-refractivity contribution >= 4 is 5.91 Å². The Morgan fingerprint density at radius 3 is 2.86 bits per heavy atom. The lowest BCUT2D eigenvalue weighted by Crippen LogP contribution is -2.42. The first kappa shape index (κ1) is 15.8.